The first-order valence-corrected chi connectivity index (χ1v) is 9.33. The number of halogens is 4. The standard InChI is InChI=1S/C14H18ClF3N2O5S/c1-3-26(24,25)9-5-4-8(10(15)11(9)19-6-7-21)20-12(22)13(2,23)14(16,17)18/h4-5,19,21,23H,3,6-7H2,1-2H3,(H,20,22)/t13-/m1/s1. The summed E-state index contributed by atoms with van der Waals surface area (Å²) >= 11 is 6.03. The molecule has 0 saturated carbocycles. The molecule has 0 bridgehead atoms. The molecular formula is C14H18ClF3N2O5S. The van der Waals surface area contributed by atoms with Crippen LogP contribution in [0.25, 0.3) is 0 Å². The molecule has 1 amide bonds. The smallest absolute Gasteiger partial charge is 0.395 e. The molecule has 0 aliphatic heterocycles. The van der Waals surface area contributed by atoms with Crippen molar-refractivity contribution in [3.63, 3.8) is 0 Å². The largest absolute Gasteiger partial charge is 0.426 e. The van der Waals surface area contributed by atoms with Gasteiger partial charge < -0.3 is 20.8 Å². The van der Waals surface area contributed by atoms with E-state index in [1.807, 2.05) is 5.32 Å². The number of hydrogen-bond acceptors (Lipinski definition) is 6. The number of aliphatic hydroxyl groups excluding tert-OH is 1. The molecular weight excluding hydrogens is 401 g/mol. The van der Waals surface area contributed by atoms with Crippen molar-refractivity contribution < 1.29 is 36.6 Å². The van der Waals surface area contributed by atoms with E-state index in [0.29, 0.717) is 0 Å². The van der Waals surface area contributed by atoms with Crippen LogP contribution in [0.4, 0.5) is 24.5 Å². The van der Waals surface area contributed by atoms with Crippen molar-refractivity contribution in [1.82, 2.24) is 0 Å². The van der Waals surface area contributed by atoms with Gasteiger partial charge in [0.2, 0.25) is 5.60 Å². The van der Waals surface area contributed by atoms with Gasteiger partial charge in [-0.2, -0.15) is 13.2 Å². The molecule has 1 aromatic rings. The summed E-state index contributed by atoms with van der Waals surface area (Å²) in [5.74, 6) is -2.06. The highest BCUT2D eigenvalue weighted by molar-refractivity contribution is 7.91. The normalized spacial score (nSPS) is 14.6. The first-order valence-electron chi connectivity index (χ1n) is 7.30. The van der Waals surface area contributed by atoms with Crippen molar-refractivity contribution in [2.24, 2.45) is 0 Å². The van der Waals surface area contributed by atoms with E-state index in [4.69, 9.17) is 16.7 Å². The minimum absolute atomic E-state index is 0.0936. The van der Waals surface area contributed by atoms with E-state index in [1.54, 1.807) is 0 Å². The van der Waals surface area contributed by atoms with E-state index < -0.39 is 27.5 Å². The van der Waals surface area contributed by atoms with Crippen molar-refractivity contribution in [3.8, 4) is 0 Å². The lowest BCUT2D eigenvalue weighted by Crippen LogP contribution is -2.52. The number of aliphatic hydroxyl groups is 2. The molecule has 0 aliphatic rings. The second-order valence-corrected chi connectivity index (χ2v) is 8.00. The third kappa shape index (κ3) is 4.58. The van der Waals surface area contributed by atoms with Gasteiger partial charge in [-0.05, 0) is 19.1 Å². The fourth-order valence-electron chi connectivity index (χ4n) is 1.79. The van der Waals surface area contributed by atoms with Gasteiger partial charge in [-0.3, -0.25) is 4.79 Å². The number of hydrogen-bond donors (Lipinski definition) is 4. The Labute approximate surface area is 153 Å². The summed E-state index contributed by atoms with van der Waals surface area (Å²) in [6.07, 6.45) is -5.23. The number of amides is 1. The highest BCUT2D eigenvalue weighted by Gasteiger charge is 2.55. The zero-order chi connectivity index (χ0) is 20.3. The Morgan fingerprint density at radius 3 is 2.35 bits per heavy atom. The van der Waals surface area contributed by atoms with Gasteiger partial charge in [0.1, 0.15) is 0 Å². The maximum Gasteiger partial charge on any atom is 0.426 e. The molecule has 0 spiro atoms. The Kier molecular flexibility index (Phi) is 6.91. The first kappa shape index (κ1) is 22.5. The number of anilines is 2. The predicted molar refractivity (Wildman–Crippen MR) is 90.1 cm³/mol. The van der Waals surface area contributed by atoms with E-state index >= 15 is 0 Å². The SMILES string of the molecule is CCS(=O)(=O)c1ccc(NC(=O)[C@@](C)(O)C(F)(F)F)c(Cl)c1NCCO. The van der Waals surface area contributed by atoms with E-state index in [9.17, 15) is 31.5 Å². The molecule has 0 radical (unpaired) electrons. The van der Waals surface area contributed by atoms with E-state index in [1.165, 1.54) is 6.92 Å². The molecule has 12 heteroatoms. The second kappa shape index (κ2) is 7.99. The molecule has 0 unspecified atom stereocenters. The molecule has 0 saturated heterocycles. The van der Waals surface area contributed by atoms with Crippen LogP contribution in [-0.2, 0) is 14.6 Å². The number of rotatable bonds is 7. The lowest BCUT2D eigenvalue weighted by molar-refractivity contribution is -0.242. The molecule has 0 aliphatic carbocycles. The molecule has 7 nitrogen and oxygen atoms in total. The quantitative estimate of drug-likeness (QED) is 0.536. The van der Waals surface area contributed by atoms with Crippen LogP contribution < -0.4 is 10.6 Å². The van der Waals surface area contributed by atoms with Gasteiger partial charge >= 0.3 is 6.18 Å². The van der Waals surface area contributed by atoms with Crippen molar-refractivity contribution in [1.29, 1.82) is 0 Å². The van der Waals surface area contributed by atoms with Gasteiger partial charge in [-0.25, -0.2) is 8.42 Å². The van der Waals surface area contributed by atoms with Crippen LogP contribution in [0.2, 0.25) is 5.02 Å². The molecule has 1 rings (SSSR count). The topological polar surface area (TPSA) is 116 Å². The van der Waals surface area contributed by atoms with Crippen LogP contribution >= 0.6 is 11.6 Å². The van der Waals surface area contributed by atoms with Gasteiger partial charge in [0.15, 0.2) is 9.84 Å². The lowest BCUT2D eigenvalue weighted by Gasteiger charge is -2.25. The van der Waals surface area contributed by atoms with Crippen LogP contribution in [-0.4, -0.2) is 55.2 Å². The molecule has 0 aromatic heterocycles. The van der Waals surface area contributed by atoms with Crippen molar-refractivity contribution in [3.05, 3.63) is 17.2 Å². The highest BCUT2D eigenvalue weighted by Crippen LogP contribution is 2.38. The van der Waals surface area contributed by atoms with E-state index in [2.05, 4.69) is 5.32 Å². The second-order valence-electron chi connectivity index (χ2n) is 5.38. The molecule has 0 fully saturated rings. The summed E-state index contributed by atoms with van der Waals surface area (Å²) in [4.78, 5) is 11.5. The third-order valence-electron chi connectivity index (χ3n) is 3.47. The molecule has 148 valence electrons. The summed E-state index contributed by atoms with van der Waals surface area (Å²) in [6.45, 7) is 1.19. The summed E-state index contributed by atoms with van der Waals surface area (Å²) in [5, 5.41) is 22.3. The fourth-order valence-corrected chi connectivity index (χ4v) is 3.19. The zero-order valence-electron chi connectivity index (χ0n) is 13.8. The van der Waals surface area contributed by atoms with Crippen LogP contribution in [0.3, 0.4) is 0 Å². The lowest BCUT2D eigenvalue weighted by atomic mass is 10.1. The van der Waals surface area contributed by atoms with Gasteiger partial charge in [0.25, 0.3) is 5.91 Å². The van der Waals surface area contributed by atoms with Crippen molar-refractivity contribution in [2.45, 2.75) is 30.5 Å². The van der Waals surface area contributed by atoms with Crippen molar-refractivity contribution >= 4 is 38.7 Å². The molecule has 1 aromatic carbocycles. The number of carbonyl (C=O) groups is 1. The average Bonchev–Trinajstić information content (AvgIpc) is 2.54. The summed E-state index contributed by atoms with van der Waals surface area (Å²) in [7, 11) is -3.75. The monoisotopic (exact) mass is 418 g/mol. The molecule has 0 heterocycles. The Morgan fingerprint density at radius 1 is 1.31 bits per heavy atom. The van der Waals surface area contributed by atoms with E-state index in [-0.39, 0.29) is 47.1 Å². The van der Waals surface area contributed by atoms with Crippen LogP contribution in [0, 0.1) is 0 Å². The van der Waals surface area contributed by atoms with Gasteiger partial charge in [-0.1, -0.05) is 18.5 Å². The van der Waals surface area contributed by atoms with Crippen LogP contribution in [0.1, 0.15) is 13.8 Å². The average molecular weight is 419 g/mol. The van der Waals surface area contributed by atoms with Gasteiger partial charge in [0, 0.05) is 6.54 Å². The maximum atomic E-state index is 12.7. The molecule has 4 N–H and O–H groups in total. The molecule has 1 atom stereocenters. The molecule has 26 heavy (non-hydrogen) atoms. The number of benzene rings is 1. The predicted octanol–water partition coefficient (Wildman–Crippen LogP) is 1.79. The fraction of sp³-hybridized carbons (Fsp3) is 0.500. The number of carbonyl (C=O) groups excluding carboxylic acids is 1. The summed E-state index contributed by atoms with van der Waals surface area (Å²) < 4.78 is 62.5. The Morgan fingerprint density at radius 2 is 1.88 bits per heavy atom. The zero-order valence-corrected chi connectivity index (χ0v) is 15.4. The Hall–Kier alpha value is -1.56. The van der Waals surface area contributed by atoms with Gasteiger partial charge in [-0.15, -0.1) is 0 Å². The van der Waals surface area contributed by atoms with E-state index in [0.717, 1.165) is 12.1 Å². The highest BCUT2D eigenvalue weighted by atomic mass is 35.5. The third-order valence-corrected chi connectivity index (χ3v) is 5.64. The minimum atomic E-state index is -5.23. The maximum absolute atomic E-state index is 12.7. The summed E-state index contributed by atoms with van der Waals surface area (Å²) in [5.41, 5.74) is -4.19. The Bertz CT molecular complexity index is 782. The number of nitrogens with one attached hydrogen (secondary N) is 2. The first-order chi connectivity index (χ1) is 11.8. The van der Waals surface area contributed by atoms with Crippen LogP contribution in [0.5, 0.6) is 0 Å². The number of sulfone groups is 1. The Balaban J connectivity index is 3.37. The number of alkyl halides is 3. The van der Waals surface area contributed by atoms with Crippen molar-refractivity contribution in [2.75, 3.05) is 29.5 Å². The summed E-state index contributed by atoms with van der Waals surface area (Å²) in [6, 6.07) is 2.07. The van der Waals surface area contributed by atoms with Gasteiger partial charge in [0.05, 0.1) is 33.7 Å². The van der Waals surface area contributed by atoms with Crippen LogP contribution in [0.15, 0.2) is 17.0 Å². The minimum Gasteiger partial charge on any atom is -0.395 e.